The summed E-state index contributed by atoms with van der Waals surface area (Å²) in [6.45, 7) is 0.433. The molecule has 11 heavy (non-hydrogen) atoms. The van der Waals surface area contributed by atoms with Gasteiger partial charge >= 0.3 is 6.41 Å². The number of amides is 1. The van der Waals surface area contributed by atoms with Crippen LogP contribution in [0.3, 0.4) is 0 Å². The van der Waals surface area contributed by atoms with Gasteiger partial charge < -0.3 is 5.32 Å². The summed E-state index contributed by atoms with van der Waals surface area (Å²) in [7, 11) is -2.80. The third-order valence-corrected chi connectivity index (χ3v) is 3.63. The molecule has 1 radical (unpaired) electrons. The largest absolute Gasteiger partial charge is 0.348 e. The zero-order valence-corrected chi connectivity index (χ0v) is 6.86. The Morgan fingerprint density at radius 2 is 2.27 bits per heavy atom. The molecule has 0 spiro atoms. The Morgan fingerprint density at radius 3 is 2.73 bits per heavy atom. The van der Waals surface area contributed by atoms with Crippen molar-refractivity contribution >= 4 is 16.2 Å². The van der Waals surface area contributed by atoms with Gasteiger partial charge in [-0.15, -0.1) is 0 Å². The zero-order valence-electron chi connectivity index (χ0n) is 6.04. The molecule has 5 heteroatoms. The average Bonchev–Trinajstić information content (AvgIpc) is 2.26. The second kappa shape index (κ2) is 3.21. The van der Waals surface area contributed by atoms with E-state index in [9.17, 15) is 13.2 Å². The summed E-state index contributed by atoms with van der Waals surface area (Å²) < 4.78 is 21.8. The Bertz CT molecular complexity index is 234. The summed E-state index contributed by atoms with van der Waals surface area (Å²) in [4.78, 5) is 9.74. The highest BCUT2D eigenvalue weighted by Crippen LogP contribution is 2.16. The van der Waals surface area contributed by atoms with Crippen molar-refractivity contribution in [3.8, 4) is 0 Å². The molecule has 1 aliphatic rings. The van der Waals surface area contributed by atoms with Crippen LogP contribution in [0, 0.1) is 5.92 Å². The fourth-order valence-electron chi connectivity index (χ4n) is 1.22. The fourth-order valence-corrected chi connectivity index (χ4v) is 3.08. The molecule has 1 atom stereocenters. The van der Waals surface area contributed by atoms with Crippen LogP contribution in [0.5, 0.6) is 0 Å². The van der Waals surface area contributed by atoms with E-state index in [2.05, 4.69) is 5.32 Å². The lowest BCUT2D eigenvalue weighted by atomic mass is 10.1. The normalized spacial score (nSPS) is 28.2. The molecule has 1 unspecified atom stereocenters. The quantitative estimate of drug-likeness (QED) is 0.565. The molecular formula is C6H10NO3S. The Morgan fingerprint density at radius 1 is 1.55 bits per heavy atom. The Hall–Kier alpha value is -0.580. The van der Waals surface area contributed by atoms with Gasteiger partial charge in [0, 0.05) is 6.54 Å². The van der Waals surface area contributed by atoms with E-state index < -0.39 is 9.84 Å². The van der Waals surface area contributed by atoms with Gasteiger partial charge in [-0.25, -0.2) is 8.42 Å². The first kappa shape index (κ1) is 8.52. The highest BCUT2D eigenvalue weighted by Gasteiger charge is 2.27. The lowest BCUT2D eigenvalue weighted by molar-refractivity contribution is 0.518. The van der Waals surface area contributed by atoms with E-state index in [-0.39, 0.29) is 17.4 Å². The van der Waals surface area contributed by atoms with Crippen LogP contribution < -0.4 is 5.32 Å². The maximum Gasteiger partial charge on any atom is 0.309 e. The van der Waals surface area contributed by atoms with Crippen molar-refractivity contribution in [2.24, 2.45) is 5.92 Å². The number of hydrogen-bond donors (Lipinski definition) is 1. The van der Waals surface area contributed by atoms with E-state index in [0.29, 0.717) is 13.0 Å². The first-order chi connectivity index (χ1) is 5.14. The topological polar surface area (TPSA) is 63.2 Å². The molecule has 0 saturated carbocycles. The van der Waals surface area contributed by atoms with Crippen LogP contribution in [0.1, 0.15) is 6.42 Å². The number of sulfone groups is 1. The molecule has 1 amide bonds. The van der Waals surface area contributed by atoms with E-state index in [4.69, 9.17) is 0 Å². The van der Waals surface area contributed by atoms with Gasteiger partial charge in [-0.2, -0.15) is 0 Å². The van der Waals surface area contributed by atoms with Crippen molar-refractivity contribution in [2.45, 2.75) is 6.42 Å². The first-order valence-corrected chi connectivity index (χ1v) is 5.26. The molecule has 1 aliphatic heterocycles. The molecule has 1 fully saturated rings. The van der Waals surface area contributed by atoms with Crippen LogP contribution in [0.4, 0.5) is 0 Å². The molecule has 0 aromatic rings. The molecule has 1 N–H and O–H groups in total. The Labute approximate surface area is 65.9 Å². The Kier molecular flexibility index (Phi) is 2.49. The summed E-state index contributed by atoms with van der Waals surface area (Å²) in [5.41, 5.74) is 0. The number of rotatable bonds is 3. The molecular weight excluding hydrogens is 166 g/mol. The highest BCUT2D eigenvalue weighted by molar-refractivity contribution is 7.91. The predicted molar refractivity (Wildman–Crippen MR) is 40.5 cm³/mol. The van der Waals surface area contributed by atoms with Gasteiger partial charge in [-0.1, -0.05) is 0 Å². The maximum atomic E-state index is 10.9. The van der Waals surface area contributed by atoms with Crippen LogP contribution in [-0.2, 0) is 14.6 Å². The molecule has 1 saturated heterocycles. The number of hydrogen-bond acceptors (Lipinski definition) is 3. The van der Waals surface area contributed by atoms with Gasteiger partial charge in [0.2, 0.25) is 0 Å². The van der Waals surface area contributed by atoms with Gasteiger partial charge in [0.1, 0.15) is 0 Å². The van der Waals surface area contributed by atoms with E-state index in [1.165, 1.54) is 6.41 Å². The van der Waals surface area contributed by atoms with Gasteiger partial charge in [-0.3, -0.25) is 4.79 Å². The van der Waals surface area contributed by atoms with Crippen LogP contribution in [0.25, 0.3) is 0 Å². The van der Waals surface area contributed by atoms with Crippen LogP contribution in [-0.4, -0.2) is 32.9 Å². The standard InChI is InChI=1S/C6H10NO3S/c8-5-7-3-6-1-2-11(9,10)4-6/h6H,1-4H2,(H,7,8). The molecule has 4 nitrogen and oxygen atoms in total. The average molecular weight is 176 g/mol. The van der Waals surface area contributed by atoms with Gasteiger partial charge in [-0.05, 0) is 12.3 Å². The van der Waals surface area contributed by atoms with Gasteiger partial charge in [0.05, 0.1) is 11.5 Å². The van der Waals surface area contributed by atoms with Crippen LogP contribution >= 0.6 is 0 Å². The third kappa shape index (κ3) is 2.49. The van der Waals surface area contributed by atoms with Crippen LogP contribution in [0.15, 0.2) is 0 Å². The van der Waals surface area contributed by atoms with E-state index >= 15 is 0 Å². The minimum Gasteiger partial charge on any atom is -0.348 e. The van der Waals surface area contributed by atoms with E-state index in [0.717, 1.165) is 0 Å². The number of nitrogens with one attached hydrogen (secondary N) is 1. The summed E-state index contributed by atoms with van der Waals surface area (Å²) in [6, 6.07) is 0. The van der Waals surface area contributed by atoms with Crippen molar-refractivity contribution in [2.75, 3.05) is 18.1 Å². The fraction of sp³-hybridized carbons (Fsp3) is 0.833. The van der Waals surface area contributed by atoms with E-state index in [1.807, 2.05) is 0 Å². The highest BCUT2D eigenvalue weighted by atomic mass is 32.2. The monoisotopic (exact) mass is 176 g/mol. The van der Waals surface area contributed by atoms with Crippen molar-refractivity contribution in [1.29, 1.82) is 0 Å². The smallest absolute Gasteiger partial charge is 0.309 e. The second-order valence-corrected chi connectivity index (χ2v) is 4.98. The van der Waals surface area contributed by atoms with Gasteiger partial charge in [0.15, 0.2) is 9.84 Å². The van der Waals surface area contributed by atoms with Crippen molar-refractivity contribution in [3.63, 3.8) is 0 Å². The van der Waals surface area contributed by atoms with Crippen molar-refractivity contribution in [1.82, 2.24) is 5.32 Å². The minimum absolute atomic E-state index is 0.0986. The second-order valence-electron chi connectivity index (χ2n) is 2.75. The minimum atomic E-state index is -2.80. The van der Waals surface area contributed by atoms with E-state index in [1.54, 1.807) is 0 Å². The molecule has 0 aliphatic carbocycles. The Balaban J connectivity index is 2.36. The molecule has 1 heterocycles. The summed E-state index contributed by atoms with van der Waals surface area (Å²) in [6.07, 6.45) is 2.19. The maximum absolute atomic E-state index is 10.9. The van der Waals surface area contributed by atoms with Crippen molar-refractivity contribution < 1.29 is 13.2 Å². The molecule has 0 aromatic heterocycles. The lowest BCUT2D eigenvalue weighted by Gasteiger charge is -2.03. The van der Waals surface area contributed by atoms with Crippen LogP contribution in [0.2, 0.25) is 0 Å². The molecule has 0 aromatic carbocycles. The zero-order chi connectivity index (χ0) is 8.32. The SMILES string of the molecule is O=[C]NCC1CCS(=O)(=O)C1. The molecule has 1 rings (SSSR count). The lowest BCUT2D eigenvalue weighted by Crippen LogP contribution is -2.21. The summed E-state index contributed by atoms with van der Waals surface area (Å²) in [5.74, 6) is 0.571. The number of carbonyl (C=O) groups excluding carboxylic acids is 1. The van der Waals surface area contributed by atoms with Crippen molar-refractivity contribution in [3.05, 3.63) is 0 Å². The third-order valence-electron chi connectivity index (χ3n) is 1.79. The van der Waals surface area contributed by atoms with Gasteiger partial charge in [0.25, 0.3) is 0 Å². The predicted octanol–water partition coefficient (Wildman–Crippen LogP) is -0.922. The molecule has 0 bridgehead atoms. The molecule has 63 valence electrons. The first-order valence-electron chi connectivity index (χ1n) is 3.44. The summed E-state index contributed by atoms with van der Waals surface area (Å²) >= 11 is 0. The summed E-state index contributed by atoms with van der Waals surface area (Å²) in [5, 5.41) is 2.36.